The standard InChI is InChI=1S/C23H32N4O/c1-16-7-9-19(10-8-16)21-14-27(15-22(21)25-17(2)28)13-20-12-24-23(26-20)11-18-5-3-4-6-18/h7-10,12,18,21-22H,3-6,11,13-15H2,1-2H3,(H,24,26)(H,25,28)/t21-,22+/m0/s1. The van der Waals surface area contributed by atoms with Gasteiger partial charge in [0.2, 0.25) is 5.91 Å². The molecule has 0 bridgehead atoms. The predicted molar refractivity (Wildman–Crippen MR) is 111 cm³/mol. The molecule has 2 atom stereocenters. The second-order valence-corrected chi connectivity index (χ2v) is 8.73. The summed E-state index contributed by atoms with van der Waals surface area (Å²) in [7, 11) is 0. The van der Waals surface area contributed by atoms with Gasteiger partial charge in [0.05, 0.1) is 0 Å². The summed E-state index contributed by atoms with van der Waals surface area (Å²) in [5, 5.41) is 3.17. The molecule has 28 heavy (non-hydrogen) atoms. The Morgan fingerprint density at radius 1 is 1.21 bits per heavy atom. The number of benzene rings is 1. The Labute approximate surface area is 167 Å². The largest absolute Gasteiger partial charge is 0.352 e. The molecule has 1 saturated carbocycles. The number of imidazole rings is 1. The summed E-state index contributed by atoms with van der Waals surface area (Å²) in [6.45, 7) is 6.40. The van der Waals surface area contributed by atoms with Crippen LogP contribution in [0.2, 0.25) is 0 Å². The zero-order valence-corrected chi connectivity index (χ0v) is 17.1. The molecule has 1 aromatic heterocycles. The molecule has 150 valence electrons. The molecule has 2 N–H and O–H groups in total. The normalized spacial score (nSPS) is 23.4. The highest BCUT2D eigenvalue weighted by Crippen LogP contribution is 2.30. The molecule has 1 amide bonds. The molecule has 1 aliphatic carbocycles. The Hall–Kier alpha value is -2.14. The quantitative estimate of drug-likeness (QED) is 0.806. The van der Waals surface area contributed by atoms with E-state index in [4.69, 9.17) is 0 Å². The Morgan fingerprint density at radius 3 is 2.68 bits per heavy atom. The van der Waals surface area contributed by atoms with Gasteiger partial charge in [-0.05, 0) is 18.4 Å². The van der Waals surface area contributed by atoms with Crippen molar-refractivity contribution in [3.05, 3.63) is 53.1 Å². The van der Waals surface area contributed by atoms with Crippen molar-refractivity contribution < 1.29 is 4.79 Å². The van der Waals surface area contributed by atoms with Crippen molar-refractivity contribution in [2.45, 2.75) is 64.5 Å². The molecular formula is C23H32N4O. The number of nitrogens with one attached hydrogen (secondary N) is 2. The molecule has 5 nitrogen and oxygen atoms in total. The van der Waals surface area contributed by atoms with Gasteiger partial charge < -0.3 is 10.3 Å². The number of hydrogen-bond donors (Lipinski definition) is 2. The number of carbonyl (C=O) groups excluding carboxylic acids is 1. The molecule has 2 fully saturated rings. The summed E-state index contributed by atoms with van der Waals surface area (Å²) in [4.78, 5) is 22.3. The van der Waals surface area contributed by atoms with Gasteiger partial charge in [0, 0.05) is 56.8 Å². The highest BCUT2D eigenvalue weighted by atomic mass is 16.1. The van der Waals surface area contributed by atoms with Crippen molar-refractivity contribution in [3.8, 4) is 0 Å². The number of rotatable bonds is 6. The minimum Gasteiger partial charge on any atom is -0.352 e. The van der Waals surface area contributed by atoms with E-state index in [1.54, 1.807) is 6.92 Å². The van der Waals surface area contributed by atoms with Crippen LogP contribution in [0.15, 0.2) is 30.5 Å². The third kappa shape index (κ3) is 4.64. The van der Waals surface area contributed by atoms with Crippen molar-refractivity contribution in [2.75, 3.05) is 13.1 Å². The molecule has 1 saturated heterocycles. The van der Waals surface area contributed by atoms with Crippen LogP contribution < -0.4 is 5.32 Å². The number of hydrogen-bond acceptors (Lipinski definition) is 3. The van der Waals surface area contributed by atoms with Crippen LogP contribution in [0.1, 0.15) is 61.2 Å². The van der Waals surface area contributed by atoms with Crippen molar-refractivity contribution in [1.82, 2.24) is 20.2 Å². The molecule has 1 aromatic carbocycles. The fourth-order valence-corrected chi connectivity index (χ4v) is 4.89. The number of H-pyrrole nitrogens is 1. The summed E-state index contributed by atoms with van der Waals surface area (Å²) in [6, 6.07) is 8.88. The fraction of sp³-hybridized carbons (Fsp3) is 0.565. The molecule has 2 heterocycles. The monoisotopic (exact) mass is 380 g/mol. The lowest BCUT2D eigenvalue weighted by Gasteiger charge is -2.19. The number of amides is 1. The van der Waals surface area contributed by atoms with E-state index in [-0.39, 0.29) is 11.9 Å². The summed E-state index contributed by atoms with van der Waals surface area (Å²) < 4.78 is 0. The lowest BCUT2D eigenvalue weighted by Crippen LogP contribution is -2.38. The van der Waals surface area contributed by atoms with Crippen LogP contribution in [-0.2, 0) is 17.8 Å². The van der Waals surface area contributed by atoms with Gasteiger partial charge in [-0.15, -0.1) is 0 Å². The van der Waals surface area contributed by atoms with Gasteiger partial charge in [-0.3, -0.25) is 9.69 Å². The number of aromatic nitrogens is 2. The maximum Gasteiger partial charge on any atom is 0.217 e. The van der Waals surface area contributed by atoms with Gasteiger partial charge in [0.15, 0.2) is 0 Å². The third-order valence-electron chi connectivity index (χ3n) is 6.32. The lowest BCUT2D eigenvalue weighted by atomic mass is 9.93. The SMILES string of the molecule is CC(=O)N[C@@H]1CN(Cc2cnc(CC3CCCC3)[nH]2)C[C@H]1c1ccc(C)cc1. The van der Waals surface area contributed by atoms with E-state index in [2.05, 4.69) is 51.4 Å². The van der Waals surface area contributed by atoms with Gasteiger partial charge in [-0.2, -0.15) is 0 Å². The van der Waals surface area contributed by atoms with E-state index in [0.717, 1.165) is 37.8 Å². The minimum absolute atomic E-state index is 0.0457. The summed E-state index contributed by atoms with van der Waals surface area (Å²) >= 11 is 0. The second kappa shape index (κ2) is 8.48. The predicted octanol–water partition coefficient (Wildman–Crippen LogP) is 3.55. The van der Waals surface area contributed by atoms with Crippen molar-refractivity contribution in [2.24, 2.45) is 5.92 Å². The van der Waals surface area contributed by atoms with Gasteiger partial charge in [-0.1, -0.05) is 55.5 Å². The number of carbonyl (C=O) groups is 1. The minimum atomic E-state index is 0.0457. The van der Waals surface area contributed by atoms with Gasteiger partial charge in [-0.25, -0.2) is 4.98 Å². The first-order valence-electron chi connectivity index (χ1n) is 10.7. The Morgan fingerprint density at radius 2 is 1.96 bits per heavy atom. The fourth-order valence-electron chi connectivity index (χ4n) is 4.89. The summed E-state index contributed by atoms with van der Waals surface area (Å²) in [6.07, 6.45) is 8.52. The lowest BCUT2D eigenvalue weighted by molar-refractivity contribution is -0.119. The number of aryl methyl sites for hydroxylation is 1. The van der Waals surface area contributed by atoms with Crippen LogP contribution in [0.25, 0.3) is 0 Å². The van der Waals surface area contributed by atoms with E-state index in [1.807, 2.05) is 6.20 Å². The van der Waals surface area contributed by atoms with E-state index in [0.29, 0.717) is 5.92 Å². The van der Waals surface area contributed by atoms with E-state index in [1.165, 1.54) is 42.5 Å². The van der Waals surface area contributed by atoms with Crippen molar-refractivity contribution >= 4 is 5.91 Å². The molecule has 0 radical (unpaired) electrons. The smallest absolute Gasteiger partial charge is 0.217 e. The molecule has 0 unspecified atom stereocenters. The molecule has 4 rings (SSSR count). The molecule has 2 aromatic rings. The van der Waals surface area contributed by atoms with Crippen LogP contribution in [0.4, 0.5) is 0 Å². The first-order chi connectivity index (χ1) is 13.6. The molecular weight excluding hydrogens is 348 g/mol. The summed E-state index contributed by atoms with van der Waals surface area (Å²) in [5.74, 6) is 2.31. The summed E-state index contributed by atoms with van der Waals surface area (Å²) in [5.41, 5.74) is 3.75. The average molecular weight is 381 g/mol. The molecule has 2 aliphatic rings. The first kappa shape index (κ1) is 19.2. The first-order valence-corrected chi connectivity index (χ1v) is 10.7. The highest BCUT2D eigenvalue weighted by molar-refractivity contribution is 5.73. The maximum atomic E-state index is 11.7. The van der Waals surface area contributed by atoms with Crippen LogP contribution in [0, 0.1) is 12.8 Å². The Kier molecular flexibility index (Phi) is 5.81. The highest BCUT2D eigenvalue weighted by Gasteiger charge is 2.34. The van der Waals surface area contributed by atoms with E-state index < -0.39 is 0 Å². The zero-order chi connectivity index (χ0) is 19.5. The van der Waals surface area contributed by atoms with E-state index in [9.17, 15) is 4.79 Å². The number of likely N-dealkylation sites (tertiary alicyclic amines) is 1. The average Bonchev–Trinajstić information content (AvgIpc) is 3.39. The zero-order valence-electron chi connectivity index (χ0n) is 17.1. The van der Waals surface area contributed by atoms with Gasteiger partial charge >= 0.3 is 0 Å². The topological polar surface area (TPSA) is 61.0 Å². The van der Waals surface area contributed by atoms with Crippen LogP contribution >= 0.6 is 0 Å². The van der Waals surface area contributed by atoms with E-state index >= 15 is 0 Å². The molecule has 0 spiro atoms. The van der Waals surface area contributed by atoms with Crippen LogP contribution in [-0.4, -0.2) is 39.9 Å². The third-order valence-corrected chi connectivity index (χ3v) is 6.32. The van der Waals surface area contributed by atoms with Crippen molar-refractivity contribution in [1.29, 1.82) is 0 Å². The Balaban J connectivity index is 1.41. The van der Waals surface area contributed by atoms with Crippen LogP contribution in [0.5, 0.6) is 0 Å². The van der Waals surface area contributed by atoms with Crippen molar-refractivity contribution in [3.63, 3.8) is 0 Å². The van der Waals surface area contributed by atoms with Crippen LogP contribution in [0.3, 0.4) is 0 Å². The number of aromatic amines is 1. The molecule has 5 heteroatoms. The second-order valence-electron chi connectivity index (χ2n) is 8.73. The maximum absolute atomic E-state index is 11.7. The molecule has 1 aliphatic heterocycles. The van der Waals surface area contributed by atoms with Gasteiger partial charge in [0.25, 0.3) is 0 Å². The Bertz CT molecular complexity index is 791. The number of nitrogens with zero attached hydrogens (tertiary/aromatic N) is 2. The van der Waals surface area contributed by atoms with Gasteiger partial charge in [0.1, 0.15) is 5.82 Å².